The maximum Gasteiger partial charge on any atom is 0.232 e. The minimum Gasteiger partial charge on any atom is -0.496 e. The van der Waals surface area contributed by atoms with Crippen LogP contribution in [0.15, 0.2) is 12.1 Å². The maximum atomic E-state index is 10.9. The molecule has 3 nitrogen and oxygen atoms in total. The van der Waals surface area contributed by atoms with E-state index >= 15 is 0 Å². The third kappa shape index (κ3) is 3.54. The van der Waals surface area contributed by atoms with Crippen molar-refractivity contribution in [2.45, 2.75) is 13.3 Å². The molecule has 1 aromatic carbocycles. The molecule has 0 spiro atoms. The van der Waals surface area contributed by atoms with Gasteiger partial charge in [-0.05, 0) is 36.6 Å². The molecule has 0 saturated heterocycles. The van der Waals surface area contributed by atoms with Gasteiger partial charge in [-0.2, -0.15) is 0 Å². The Balaban J connectivity index is 3.06. The van der Waals surface area contributed by atoms with Crippen molar-refractivity contribution < 1.29 is 13.2 Å². The van der Waals surface area contributed by atoms with Crippen LogP contribution in [0.25, 0.3) is 0 Å². The summed E-state index contributed by atoms with van der Waals surface area (Å²) >= 11 is 5.95. The van der Waals surface area contributed by atoms with Gasteiger partial charge in [-0.3, -0.25) is 0 Å². The lowest BCUT2D eigenvalue weighted by atomic mass is 10.1. The van der Waals surface area contributed by atoms with Gasteiger partial charge >= 0.3 is 0 Å². The molecular weight excluding hydrogens is 271 g/mol. The summed E-state index contributed by atoms with van der Waals surface area (Å²) < 4.78 is 26.9. The van der Waals surface area contributed by atoms with Gasteiger partial charge in [0.2, 0.25) is 9.05 Å². The fraction of sp³-hybridized carbons (Fsp3) is 0.400. The van der Waals surface area contributed by atoms with E-state index in [1.54, 1.807) is 12.1 Å². The van der Waals surface area contributed by atoms with Gasteiger partial charge in [0.15, 0.2) is 0 Å². The molecular formula is C10H12Cl2O3S. The van der Waals surface area contributed by atoms with Crippen LogP contribution >= 0.6 is 22.3 Å². The third-order valence-corrected chi connectivity index (χ3v) is 3.87. The number of rotatable bonds is 4. The summed E-state index contributed by atoms with van der Waals surface area (Å²) in [7, 11) is 3.19. The quantitative estimate of drug-likeness (QED) is 0.798. The van der Waals surface area contributed by atoms with Gasteiger partial charge in [0, 0.05) is 15.7 Å². The zero-order valence-electron chi connectivity index (χ0n) is 8.96. The molecule has 0 heterocycles. The van der Waals surface area contributed by atoms with E-state index in [9.17, 15) is 8.42 Å². The predicted octanol–water partition coefficient (Wildman–Crippen LogP) is 2.77. The zero-order valence-corrected chi connectivity index (χ0v) is 11.3. The van der Waals surface area contributed by atoms with E-state index in [1.807, 2.05) is 6.92 Å². The lowest BCUT2D eigenvalue weighted by molar-refractivity contribution is 0.409. The molecule has 0 fully saturated rings. The van der Waals surface area contributed by atoms with Crippen molar-refractivity contribution in [1.82, 2.24) is 0 Å². The lowest BCUT2D eigenvalue weighted by Crippen LogP contribution is -2.04. The van der Waals surface area contributed by atoms with Crippen LogP contribution in [0.2, 0.25) is 5.02 Å². The first kappa shape index (κ1) is 13.6. The molecule has 0 aliphatic carbocycles. The first-order chi connectivity index (χ1) is 7.35. The summed E-state index contributed by atoms with van der Waals surface area (Å²) in [6, 6.07) is 3.43. The molecule has 16 heavy (non-hydrogen) atoms. The van der Waals surface area contributed by atoms with Gasteiger partial charge in [-0.25, -0.2) is 8.42 Å². The average molecular weight is 283 g/mol. The van der Waals surface area contributed by atoms with Crippen LogP contribution in [-0.4, -0.2) is 21.3 Å². The van der Waals surface area contributed by atoms with Gasteiger partial charge < -0.3 is 4.74 Å². The van der Waals surface area contributed by atoms with Crippen LogP contribution in [-0.2, 0) is 15.5 Å². The highest BCUT2D eigenvalue weighted by Gasteiger charge is 2.13. The van der Waals surface area contributed by atoms with Gasteiger partial charge in [-0.1, -0.05) is 11.6 Å². The molecule has 0 atom stereocenters. The molecule has 0 bridgehead atoms. The molecule has 0 unspecified atom stereocenters. The Bertz CT molecular complexity index is 483. The second-order valence-electron chi connectivity index (χ2n) is 3.35. The van der Waals surface area contributed by atoms with Crippen molar-refractivity contribution in [1.29, 1.82) is 0 Å². The zero-order chi connectivity index (χ0) is 12.3. The lowest BCUT2D eigenvalue weighted by Gasteiger charge is -2.12. The number of hydrogen-bond acceptors (Lipinski definition) is 3. The summed E-state index contributed by atoms with van der Waals surface area (Å²) in [6.07, 6.45) is 0.293. The van der Waals surface area contributed by atoms with Crippen LogP contribution in [0.4, 0.5) is 0 Å². The predicted molar refractivity (Wildman–Crippen MR) is 66.1 cm³/mol. The Morgan fingerprint density at radius 2 is 2.00 bits per heavy atom. The highest BCUT2D eigenvalue weighted by Crippen LogP contribution is 2.28. The number of halogens is 2. The molecule has 1 aromatic rings. The average Bonchev–Trinajstić information content (AvgIpc) is 2.19. The summed E-state index contributed by atoms with van der Waals surface area (Å²) in [5.74, 6) is 0.494. The fourth-order valence-corrected chi connectivity index (χ4v) is 2.29. The summed E-state index contributed by atoms with van der Waals surface area (Å²) in [5, 5.41) is 0.586. The second kappa shape index (κ2) is 5.25. The highest BCUT2D eigenvalue weighted by atomic mass is 35.7. The summed E-state index contributed by atoms with van der Waals surface area (Å²) in [4.78, 5) is 0. The number of benzene rings is 1. The third-order valence-electron chi connectivity index (χ3n) is 2.31. The Labute approximate surface area is 105 Å². The van der Waals surface area contributed by atoms with Crippen LogP contribution in [0, 0.1) is 6.92 Å². The van der Waals surface area contributed by atoms with Crippen LogP contribution < -0.4 is 4.74 Å². The molecule has 0 radical (unpaired) electrons. The van der Waals surface area contributed by atoms with Gasteiger partial charge in [-0.15, -0.1) is 0 Å². The minimum atomic E-state index is -3.50. The monoisotopic (exact) mass is 282 g/mol. The Kier molecular flexibility index (Phi) is 4.47. The summed E-state index contributed by atoms with van der Waals surface area (Å²) in [5.41, 5.74) is 1.60. The smallest absolute Gasteiger partial charge is 0.232 e. The van der Waals surface area contributed by atoms with E-state index in [2.05, 4.69) is 0 Å². The highest BCUT2D eigenvalue weighted by molar-refractivity contribution is 8.13. The van der Waals surface area contributed by atoms with Gasteiger partial charge in [0.25, 0.3) is 0 Å². The Morgan fingerprint density at radius 3 is 2.50 bits per heavy atom. The van der Waals surface area contributed by atoms with E-state index < -0.39 is 9.05 Å². The Morgan fingerprint density at radius 1 is 1.38 bits per heavy atom. The van der Waals surface area contributed by atoms with E-state index in [4.69, 9.17) is 27.0 Å². The minimum absolute atomic E-state index is 0.133. The van der Waals surface area contributed by atoms with Crippen LogP contribution in [0.5, 0.6) is 5.75 Å². The van der Waals surface area contributed by atoms with Crippen molar-refractivity contribution in [2.24, 2.45) is 0 Å². The van der Waals surface area contributed by atoms with E-state index in [0.29, 0.717) is 17.2 Å². The molecule has 0 amide bonds. The Hall–Kier alpha value is -0.450. The SMILES string of the molecule is COc1ccc(Cl)c(C)c1CCS(=O)(=O)Cl. The van der Waals surface area contributed by atoms with E-state index in [-0.39, 0.29) is 5.75 Å². The second-order valence-corrected chi connectivity index (χ2v) is 6.65. The standard InChI is InChI=1S/C10H12Cl2O3S/c1-7-8(5-6-16(12,13)14)10(15-2)4-3-9(7)11/h3-4H,5-6H2,1-2H3. The molecule has 0 N–H and O–H groups in total. The number of ether oxygens (including phenoxy) is 1. The molecule has 90 valence electrons. The van der Waals surface area contributed by atoms with E-state index in [0.717, 1.165) is 11.1 Å². The van der Waals surface area contributed by atoms with E-state index in [1.165, 1.54) is 7.11 Å². The van der Waals surface area contributed by atoms with Crippen LogP contribution in [0.3, 0.4) is 0 Å². The van der Waals surface area contributed by atoms with Crippen molar-refractivity contribution in [3.05, 3.63) is 28.3 Å². The van der Waals surface area contributed by atoms with Crippen LogP contribution in [0.1, 0.15) is 11.1 Å². The fourth-order valence-electron chi connectivity index (χ4n) is 1.43. The molecule has 0 aliphatic heterocycles. The van der Waals surface area contributed by atoms with Crippen molar-refractivity contribution in [3.63, 3.8) is 0 Å². The first-order valence-electron chi connectivity index (χ1n) is 4.59. The molecule has 0 aliphatic rings. The molecule has 6 heteroatoms. The van der Waals surface area contributed by atoms with Crippen molar-refractivity contribution in [2.75, 3.05) is 12.9 Å². The molecule has 0 aromatic heterocycles. The molecule has 0 saturated carbocycles. The van der Waals surface area contributed by atoms with Crippen molar-refractivity contribution in [3.8, 4) is 5.75 Å². The molecule has 1 rings (SSSR count). The van der Waals surface area contributed by atoms with Crippen molar-refractivity contribution >= 4 is 31.3 Å². The summed E-state index contributed by atoms with van der Waals surface area (Å²) in [6.45, 7) is 1.82. The normalized spacial score (nSPS) is 11.5. The first-order valence-corrected chi connectivity index (χ1v) is 7.45. The largest absolute Gasteiger partial charge is 0.496 e. The van der Waals surface area contributed by atoms with Gasteiger partial charge in [0.05, 0.1) is 12.9 Å². The number of hydrogen-bond donors (Lipinski definition) is 0. The van der Waals surface area contributed by atoms with Gasteiger partial charge in [0.1, 0.15) is 5.75 Å². The number of methoxy groups -OCH3 is 1. The maximum absolute atomic E-state index is 10.9. The topological polar surface area (TPSA) is 43.4 Å².